The van der Waals surface area contributed by atoms with E-state index < -0.39 is 5.54 Å². The molecular formula is C24H36ClN9O2. The van der Waals surface area contributed by atoms with Crippen molar-refractivity contribution in [3.8, 4) is 11.3 Å². The number of fused-ring (bicyclic) bond motifs is 1. The van der Waals surface area contributed by atoms with Gasteiger partial charge in [-0.1, -0.05) is 0 Å². The molecule has 1 amide bonds. The number of halogens is 1. The van der Waals surface area contributed by atoms with Gasteiger partial charge in [-0.05, 0) is 40.7 Å². The lowest BCUT2D eigenvalue weighted by Crippen LogP contribution is -2.54. The highest BCUT2D eigenvalue weighted by Crippen LogP contribution is 2.41. The predicted octanol–water partition coefficient (Wildman–Crippen LogP) is 1.13. The highest BCUT2D eigenvalue weighted by Gasteiger charge is 2.46. The molecule has 3 N–H and O–H groups in total. The standard InChI is InChI=1S/C24H35N9O2.ClH/c1-23(2,26-4)20(34)32-8-6-24(3,15-32)33-7-5-17-18(16-13-27-21(25)28-14-16)29-22(30-19(17)33)31-9-11-35-12-10-31;/h13-14,26H,5-12,15H2,1-4H3,(H2,25,27,28);1H/t24-;/m0./s1. The number of morpholine rings is 1. The van der Waals surface area contributed by atoms with E-state index in [1.807, 2.05) is 25.8 Å². The third-order valence-electron chi connectivity index (χ3n) is 7.60. The smallest absolute Gasteiger partial charge is 0.242 e. The minimum Gasteiger partial charge on any atom is -0.378 e. The van der Waals surface area contributed by atoms with E-state index in [0.29, 0.717) is 25.7 Å². The number of hydrogen-bond donors (Lipinski definition) is 2. The predicted molar refractivity (Wildman–Crippen MR) is 142 cm³/mol. The van der Waals surface area contributed by atoms with Gasteiger partial charge in [0.2, 0.25) is 17.8 Å². The van der Waals surface area contributed by atoms with Crippen LogP contribution in [0.25, 0.3) is 11.3 Å². The second-order valence-electron chi connectivity index (χ2n) is 10.4. The Hall–Kier alpha value is -2.76. The molecule has 0 radical (unpaired) electrons. The molecule has 0 spiro atoms. The first-order valence-corrected chi connectivity index (χ1v) is 12.3. The Morgan fingerprint density at radius 3 is 2.50 bits per heavy atom. The number of amides is 1. The first-order chi connectivity index (χ1) is 16.7. The molecule has 1 atom stereocenters. The summed E-state index contributed by atoms with van der Waals surface area (Å²) >= 11 is 0. The van der Waals surface area contributed by atoms with E-state index in [9.17, 15) is 4.79 Å². The molecule has 2 fully saturated rings. The van der Waals surface area contributed by atoms with Crippen LogP contribution in [0.4, 0.5) is 17.7 Å². The Morgan fingerprint density at radius 1 is 1.14 bits per heavy atom. The van der Waals surface area contributed by atoms with E-state index in [1.54, 1.807) is 12.4 Å². The number of aromatic nitrogens is 4. The number of anilines is 3. The summed E-state index contributed by atoms with van der Waals surface area (Å²) in [7, 11) is 1.83. The molecule has 3 aliphatic heterocycles. The average molecular weight is 518 g/mol. The van der Waals surface area contributed by atoms with Crippen molar-refractivity contribution in [1.82, 2.24) is 30.2 Å². The van der Waals surface area contributed by atoms with Crippen LogP contribution in [0.2, 0.25) is 0 Å². The number of carbonyl (C=O) groups is 1. The molecule has 0 unspecified atom stereocenters. The number of carbonyl (C=O) groups excluding carboxylic acids is 1. The third-order valence-corrected chi connectivity index (χ3v) is 7.60. The van der Waals surface area contributed by atoms with E-state index in [-0.39, 0.29) is 29.8 Å². The van der Waals surface area contributed by atoms with Gasteiger partial charge < -0.3 is 30.5 Å². The Labute approximate surface area is 218 Å². The van der Waals surface area contributed by atoms with Crippen LogP contribution in [-0.4, -0.2) is 94.8 Å². The molecule has 2 aromatic rings. The number of nitrogens with zero attached hydrogens (tertiary/aromatic N) is 7. The lowest BCUT2D eigenvalue weighted by Gasteiger charge is -2.38. The summed E-state index contributed by atoms with van der Waals surface area (Å²) < 4.78 is 5.55. The summed E-state index contributed by atoms with van der Waals surface area (Å²) in [6.45, 7) is 11.1. The monoisotopic (exact) mass is 517 g/mol. The lowest BCUT2D eigenvalue weighted by molar-refractivity contribution is -0.136. The van der Waals surface area contributed by atoms with Gasteiger partial charge >= 0.3 is 0 Å². The average Bonchev–Trinajstić information content (AvgIpc) is 3.49. The fourth-order valence-electron chi connectivity index (χ4n) is 5.21. The van der Waals surface area contributed by atoms with Gasteiger partial charge in [-0.2, -0.15) is 4.98 Å². The number of nitrogen functional groups attached to an aromatic ring is 1. The highest BCUT2D eigenvalue weighted by atomic mass is 35.5. The van der Waals surface area contributed by atoms with Gasteiger partial charge in [0, 0.05) is 56.2 Å². The second-order valence-corrected chi connectivity index (χ2v) is 10.4. The first kappa shape index (κ1) is 26.3. The SMILES string of the molecule is CNC(C)(C)C(=O)N1CC[C@](C)(N2CCc3c(-c4cnc(N)nc4)nc(N4CCOCC4)nc32)C1.Cl. The summed E-state index contributed by atoms with van der Waals surface area (Å²) in [5.41, 5.74) is 7.71. The van der Waals surface area contributed by atoms with Crippen LogP contribution in [0.5, 0.6) is 0 Å². The van der Waals surface area contributed by atoms with E-state index in [0.717, 1.165) is 61.7 Å². The number of rotatable bonds is 5. The molecule has 0 aromatic carbocycles. The van der Waals surface area contributed by atoms with Crippen molar-refractivity contribution in [2.24, 2.45) is 0 Å². The van der Waals surface area contributed by atoms with Crippen molar-refractivity contribution in [3.05, 3.63) is 18.0 Å². The minimum absolute atomic E-state index is 0. The van der Waals surface area contributed by atoms with Crippen molar-refractivity contribution in [2.75, 3.05) is 68.5 Å². The molecule has 36 heavy (non-hydrogen) atoms. The van der Waals surface area contributed by atoms with Crippen LogP contribution < -0.4 is 20.9 Å². The molecule has 0 saturated carbocycles. The Kier molecular flexibility index (Phi) is 7.27. The van der Waals surface area contributed by atoms with Crippen molar-refractivity contribution in [1.29, 1.82) is 0 Å². The fraction of sp³-hybridized carbons (Fsp3) is 0.625. The molecule has 2 aromatic heterocycles. The molecule has 12 heteroatoms. The van der Waals surface area contributed by atoms with Crippen LogP contribution in [0, 0.1) is 0 Å². The maximum Gasteiger partial charge on any atom is 0.242 e. The minimum atomic E-state index is -0.595. The van der Waals surface area contributed by atoms with Crippen molar-refractivity contribution in [3.63, 3.8) is 0 Å². The number of likely N-dealkylation sites (N-methyl/N-ethyl adjacent to an activating group) is 1. The normalized spacial score (nSPS) is 21.9. The molecule has 0 bridgehead atoms. The fourth-order valence-corrected chi connectivity index (χ4v) is 5.21. The Bertz CT molecular complexity index is 1110. The summed E-state index contributed by atoms with van der Waals surface area (Å²) in [5, 5.41) is 3.14. The quantitative estimate of drug-likeness (QED) is 0.596. The molecule has 196 valence electrons. The highest BCUT2D eigenvalue weighted by molar-refractivity contribution is 5.86. The maximum atomic E-state index is 13.2. The molecule has 2 saturated heterocycles. The maximum absolute atomic E-state index is 13.2. The van der Waals surface area contributed by atoms with Crippen LogP contribution >= 0.6 is 12.4 Å². The van der Waals surface area contributed by atoms with Gasteiger partial charge in [-0.3, -0.25) is 4.79 Å². The van der Waals surface area contributed by atoms with Crippen LogP contribution in [0.1, 0.15) is 32.8 Å². The summed E-state index contributed by atoms with van der Waals surface area (Å²) in [6, 6.07) is 0. The van der Waals surface area contributed by atoms with E-state index in [1.165, 1.54) is 0 Å². The van der Waals surface area contributed by atoms with Gasteiger partial charge in [0.15, 0.2) is 0 Å². The molecule has 5 rings (SSSR count). The van der Waals surface area contributed by atoms with Gasteiger partial charge in [-0.25, -0.2) is 15.0 Å². The number of nitrogens with one attached hydrogen (secondary N) is 1. The number of likely N-dealkylation sites (tertiary alicyclic amines) is 1. The lowest BCUT2D eigenvalue weighted by atomic mass is 9.99. The van der Waals surface area contributed by atoms with Gasteiger partial charge in [0.05, 0.1) is 30.0 Å². The zero-order valence-electron chi connectivity index (χ0n) is 21.5. The molecule has 11 nitrogen and oxygen atoms in total. The van der Waals surface area contributed by atoms with Gasteiger partial charge in [0.25, 0.3) is 0 Å². The zero-order chi connectivity index (χ0) is 24.8. The largest absolute Gasteiger partial charge is 0.378 e. The summed E-state index contributed by atoms with van der Waals surface area (Å²) in [4.78, 5) is 38.2. The number of hydrogen-bond acceptors (Lipinski definition) is 10. The Morgan fingerprint density at radius 2 is 1.83 bits per heavy atom. The molecular weight excluding hydrogens is 482 g/mol. The third kappa shape index (κ3) is 4.67. The van der Waals surface area contributed by atoms with Gasteiger partial charge in [0.1, 0.15) is 5.82 Å². The van der Waals surface area contributed by atoms with Crippen LogP contribution in [0.3, 0.4) is 0 Å². The van der Waals surface area contributed by atoms with Crippen molar-refractivity contribution in [2.45, 2.75) is 44.7 Å². The molecule has 3 aliphatic rings. The summed E-state index contributed by atoms with van der Waals surface area (Å²) in [5.74, 6) is 2.00. The zero-order valence-corrected chi connectivity index (χ0v) is 22.3. The van der Waals surface area contributed by atoms with Gasteiger partial charge in [-0.15, -0.1) is 12.4 Å². The van der Waals surface area contributed by atoms with Crippen LogP contribution in [0.15, 0.2) is 12.4 Å². The van der Waals surface area contributed by atoms with Crippen LogP contribution in [-0.2, 0) is 16.0 Å². The number of nitrogens with two attached hydrogens (primary N) is 1. The topological polar surface area (TPSA) is 126 Å². The molecule has 0 aliphatic carbocycles. The molecule has 5 heterocycles. The van der Waals surface area contributed by atoms with E-state index >= 15 is 0 Å². The number of ether oxygens (including phenoxy) is 1. The van der Waals surface area contributed by atoms with E-state index in [4.69, 9.17) is 20.4 Å². The van der Waals surface area contributed by atoms with Crippen molar-refractivity contribution >= 4 is 36.0 Å². The summed E-state index contributed by atoms with van der Waals surface area (Å²) in [6.07, 6.45) is 5.17. The van der Waals surface area contributed by atoms with Crippen molar-refractivity contribution < 1.29 is 9.53 Å². The second kappa shape index (κ2) is 9.95. The first-order valence-electron chi connectivity index (χ1n) is 12.3. The van der Waals surface area contributed by atoms with E-state index in [2.05, 4.69) is 32.0 Å². The Balaban J connectivity index is 0.00000304.